The lowest BCUT2D eigenvalue weighted by Crippen LogP contribution is -2.33. The zero-order chi connectivity index (χ0) is 12.5. The van der Waals surface area contributed by atoms with Crippen molar-refractivity contribution in [3.63, 3.8) is 0 Å². The third-order valence-corrected chi connectivity index (χ3v) is 3.16. The smallest absolute Gasteiger partial charge is 0.287 e. The van der Waals surface area contributed by atoms with Crippen molar-refractivity contribution in [1.29, 1.82) is 0 Å². The third kappa shape index (κ3) is 2.52. The summed E-state index contributed by atoms with van der Waals surface area (Å²) in [6.07, 6.45) is 1.77. The summed E-state index contributed by atoms with van der Waals surface area (Å²) in [5, 5.41) is 3.87. The molecule has 2 aromatic rings. The van der Waals surface area contributed by atoms with E-state index in [9.17, 15) is 4.79 Å². The van der Waals surface area contributed by atoms with Crippen molar-refractivity contribution in [3.05, 3.63) is 36.1 Å². The van der Waals surface area contributed by atoms with Crippen molar-refractivity contribution in [1.82, 2.24) is 5.32 Å². The second-order valence-electron chi connectivity index (χ2n) is 4.66. The Balaban J connectivity index is 2.35. The number of halogens is 1. The van der Waals surface area contributed by atoms with E-state index in [0.29, 0.717) is 6.54 Å². The van der Waals surface area contributed by atoms with Gasteiger partial charge in [0.15, 0.2) is 0 Å². The molecule has 0 unspecified atom stereocenters. The molecule has 0 aliphatic rings. The minimum absolute atomic E-state index is 0.171. The number of benzene rings is 1. The van der Waals surface area contributed by atoms with Crippen molar-refractivity contribution in [2.45, 2.75) is 19.3 Å². The lowest BCUT2D eigenvalue weighted by Gasteiger charge is -2.23. The van der Waals surface area contributed by atoms with E-state index >= 15 is 0 Å². The van der Waals surface area contributed by atoms with Crippen LogP contribution in [0.5, 0.6) is 0 Å². The molecule has 0 aliphatic carbocycles. The molecule has 4 heteroatoms. The molecular weight excluding hydrogens is 282 g/mol. The van der Waals surface area contributed by atoms with E-state index in [2.05, 4.69) is 35.1 Å². The second-order valence-corrected chi connectivity index (χ2v) is 5.38. The Labute approximate surface area is 108 Å². The number of rotatable bonds is 3. The molecule has 0 fully saturated rings. The number of para-hydroxylation sites is 1. The predicted octanol–water partition coefficient (Wildman–Crippen LogP) is 3.81. The highest BCUT2D eigenvalue weighted by atomic mass is 79.9. The van der Waals surface area contributed by atoms with E-state index in [-0.39, 0.29) is 10.2 Å². The van der Waals surface area contributed by atoms with E-state index in [1.54, 1.807) is 6.26 Å². The maximum absolute atomic E-state index is 10.9. The Morgan fingerprint density at radius 1 is 1.41 bits per heavy atom. The molecule has 2 rings (SSSR count). The molecule has 1 amide bonds. The zero-order valence-electron chi connectivity index (χ0n) is 9.79. The Kier molecular flexibility index (Phi) is 3.24. The Morgan fingerprint density at radius 2 is 2.12 bits per heavy atom. The average molecular weight is 296 g/mol. The van der Waals surface area contributed by atoms with E-state index in [1.165, 1.54) is 0 Å². The maximum atomic E-state index is 10.9. The monoisotopic (exact) mass is 295 g/mol. The molecule has 90 valence electrons. The van der Waals surface area contributed by atoms with Crippen LogP contribution in [0, 0.1) is 0 Å². The van der Waals surface area contributed by atoms with Crippen LogP contribution in [0.15, 0.2) is 34.9 Å². The van der Waals surface area contributed by atoms with Gasteiger partial charge in [-0.15, -0.1) is 0 Å². The van der Waals surface area contributed by atoms with Gasteiger partial charge in [-0.1, -0.05) is 32.0 Å². The largest absolute Gasteiger partial charge is 0.464 e. The van der Waals surface area contributed by atoms with Gasteiger partial charge in [-0.3, -0.25) is 4.79 Å². The molecule has 1 aromatic heterocycles. The lowest BCUT2D eigenvalue weighted by molar-refractivity contribution is 0.259. The first-order valence-corrected chi connectivity index (χ1v) is 6.20. The topological polar surface area (TPSA) is 42.2 Å². The number of carbonyl (C=O) groups is 1. The van der Waals surface area contributed by atoms with Crippen LogP contribution >= 0.6 is 15.9 Å². The molecule has 3 nitrogen and oxygen atoms in total. The minimum Gasteiger partial charge on any atom is -0.464 e. The summed E-state index contributed by atoms with van der Waals surface area (Å²) >= 11 is 2.87. The van der Waals surface area contributed by atoms with Gasteiger partial charge < -0.3 is 9.73 Å². The maximum Gasteiger partial charge on any atom is 0.287 e. The SMILES string of the molecule is CC(C)(CNC(=O)Br)c1coc2ccccc12. The van der Waals surface area contributed by atoms with E-state index < -0.39 is 0 Å². The van der Waals surface area contributed by atoms with Gasteiger partial charge in [0.1, 0.15) is 5.58 Å². The summed E-state index contributed by atoms with van der Waals surface area (Å²) in [6.45, 7) is 4.71. The molecule has 0 spiro atoms. The summed E-state index contributed by atoms with van der Waals surface area (Å²) in [7, 11) is 0. The second kappa shape index (κ2) is 4.53. The van der Waals surface area contributed by atoms with Gasteiger partial charge in [-0.2, -0.15) is 0 Å². The standard InChI is InChI=1S/C13H14BrNO2/c1-13(2,8-15-12(14)16)10-7-17-11-6-4-3-5-9(10)11/h3-7H,8H2,1-2H3,(H,15,16). The molecule has 1 aromatic carbocycles. The van der Waals surface area contributed by atoms with Crippen LogP contribution in [0.25, 0.3) is 11.0 Å². The predicted molar refractivity (Wildman–Crippen MR) is 71.6 cm³/mol. The van der Waals surface area contributed by atoms with Gasteiger partial charge in [-0.05, 0) is 6.07 Å². The Morgan fingerprint density at radius 3 is 2.82 bits per heavy atom. The first kappa shape index (κ1) is 12.2. The van der Waals surface area contributed by atoms with Crippen molar-refractivity contribution < 1.29 is 9.21 Å². The fourth-order valence-corrected chi connectivity index (χ4v) is 2.03. The van der Waals surface area contributed by atoms with Gasteiger partial charge in [-0.25, -0.2) is 0 Å². The first-order chi connectivity index (χ1) is 8.00. The molecule has 0 atom stereocenters. The molecule has 0 saturated heterocycles. The van der Waals surface area contributed by atoms with Crippen molar-refractivity contribution in [3.8, 4) is 0 Å². The van der Waals surface area contributed by atoms with Gasteiger partial charge in [0, 0.05) is 38.8 Å². The molecule has 0 radical (unpaired) electrons. The van der Waals surface area contributed by atoms with Crippen LogP contribution in [0.1, 0.15) is 19.4 Å². The van der Waals surface area contributed by atoms with Gasteiger partial charge in [0.25, 0.3) is 4.82 Å². The molecule has 17 heavy (non-hydrogen) atoms. The number of hydrogen-bond acceptors (Lipinski definition) is 2. The van der Waals surface area contributed by atoms with Crippen molar-refractivity contribution >= 4 is 31.7 Å². The van der Waals surface area contributed by atoms with Crippen LogP contribution < -0.4 is 5.32 Å². The van der Waals surface area contributed by atoms with Crippen LogP contribution in [0.4, 0.5) is 4.79 Å². The normalized spacial score (nSPS) is 11.7. The summed E-state index contributed by atoms with van der Waals surface area (Å²) < 4.78 is 5.52. The molecule has 0 aliphatic heterocycles. The quantitative estimate of drug-likeness (QED) is 0.691. The summed E-state index contributed by atoms with van der Waals surface area (Å²) in [5.74, 6) is 0. The Bertz CT molecular complexity index is 545. The van der Waals surface area contributed by atoms with E-state index in [0.717, 1.165) is 16.5 Å². The van der Waals surface area contributed by atoms with E-state index in [4.69, 9.17) is 4.42 Å². The summed E-state index contributed by atoms with van der Waals surface area (Å²) in [4.78, 5) is 10.7. The fourth-order valence-electron chi connectivity index (χ4n) is 1.89. The molecule has 0 bridgehead atoms. The summed E-state index contributed by atoms with van der Waals surface area (Å²) in [5.41, 5.74) is 1.81. The van der Waals surface area contributed by atoms with E-state index in [1.807, 2.05) is 24.3 Å². The van der Waals surface area contributed by atoms with Crippen molar-refractivity contribution in [2.75, 3.05) is 6.54 Å². The number of amides is 1. The highest BCUT2D eigenvalue weighted by Crippen LogP contribution is 2.31. The van der Waals surface area contributed by atoms with Crippen LogP contribution in [0.2, 0.25) is 0 Å². The zero-order valence-corrected chi connectivity index (χ0v) is 11.4. The number of carbonyl (C=O) groups excluding carboxylic acids is 1. The number of nitrogens with one attached hydrogen (secondary N) is 1. The van der Waals surface area contributed by atoms with Gasteiger partial charge >= 0.3 is 0 Å². The van der Waals surface area contributed by atoms with Gasteiger partial charge in [0.05, 0.1) is 6.26 Å². The fraction of sp³-hybridized carbons (Fsp3) is 0.308. The third-order valence-electron chi connectivity index (χ3n) is 2.88. The molecule has 1 N–H and O–H groups in total. The average Bonchev–Trinajstić information content (AvgIpc) is 2.71. The number of furan rings is 1. The van der Waals surface area contributed by atoms with Crippen LogP contribution in [0.3, 0.4) is 0 Å². The summed E-state index contributed by atoms with van der Waals surface area (Å²) in [6, 6.07) is 7.91. The lowest BCUT2D eigenvalue weighted by atomic mass is 9.84. The number of hydrogen-bond donors (Lipinski definition) is 1. The van der Waals surface area contributed by atoms with Crippen LogP contribution in [-0.2, 0) is 5.41 Å². The molecular formula is C13H14BrNO2. The first-order valence-electron chi connectivity index (χ1n) is 5.41. The van der Waals surface area contributed by atoms with Crippen molar-refractivity contribution in [2.24, 2.45) is 0 Å². The molecule has 1 heterocycles. The highest BCUT2D eigenvalue weighted by molar-refractivity contribution is 9.18. The minimum atomic E-state index is -0.196. The van der Waals surface area contributed by atoms with Crippen LogP contribution in [-0.4, -0.2) is 11.4 Å². The van der Waals surface area contributed by atoms with Gasteiger partial charge in [0.2, 0.25) is 0 Å². The number of fused-ring (bicyclic) bond motifs is 1. The molecule has 0 saturated carbocycles. The highest BCUT2D eigenvalue weighted by Gasteiger charge is 2.25. The Hall–Kier alpha value is -1.29.